The first-order valence-electron chi connectivity index (χ1n) is 5.52. The van der Waals surface area contributed by atoms with Crippen LogP contribution in [0.4, 0.5) is 0 Å². The minimum atomic E-state index is 0.171. The van der Waals surface area contributed by atoms with Crippen molar-refractivity contribution in [1.29, 1.82) is 0 Å². The van der Waals surface area contributed by atoms with Gasteiger partial charge in [-0.3, -0.25) is 4.79 Å². The van der Waals surface area contributed by atoms with Crippen LogP contribution in [0.1, 0.15) is 29.1 Å². The molecular weight excluding hydrogens is 380 g/mol. The number of aromatic nitrogens is 2. The van der Waals surface area contributed by atoms with Gasteiger partial charge in [0.2, 0.25) is 5.89 Å². The Morgan fingerprint density at radius 2 is 1.89 bits per heavy atom. The number of nitrogens with zero attached hydrogens (tertiary/aromatic N) is 2. The molecular formula is C12H10Br2N2O3. The number of hydrogen-bond donors (Lipinski definition) is 0. The summed E-state index contributed by atoms with van der Waals surface area (Å²) in [5.41, 5.74) is 0.553. The van der Waals surface area contributed by atoms with Crippen LogP contribution in [0.2, 0.25) is 0 Å². The minimum Gasteiger partial charge on any atom is -0.481 e. The third-order valence-corrected chi connectivity index (χ3v) is 3.49. The van der Waals surface area contributed by atoms with Gasteiger partial charge < -0.3 is 9.15 Å². The predicted octanol–water partition coefficient (Wildman–Crippen LogP) is 3.55. The summed E-state index contributed by atoms with van der Waals surface area (Å²) in [6.45, 7) is 2.11. The minimum absolute atomic E-state index is 0.171. The fraction of sp³-hybridized carbons (Fsp3) is 0.250. The monoisotopic (exact) mass is 388 g/mol. The molecule has 0 aliphatic rings. The largest absolute Gasteiger partial charge is 0.481 e. The molecule has 0 amide bonds. The highest BCUT2D eigenvalue weighted by Gasteiger charge is 2.11. The fourth-order valence-corrected chi connectivity index (χ4v) is 2.86. The number of benzene rings is 1. The molecule has 2 rings (SSSR count). The molecule has 1 aromatic carbocycles. The van der Waals surface area contributed by atoms with Gasteiger partial charge in [0.15, 0.2) is 6.61 Å². The summed E-state index contributed by atoms with van der Waals surface area (Å²) in [5, 5.41) is 7.72. The number of rotatable bonds is 5. The molecule has 0 saturated carbocycles. The second-order valence-corrected chi connectivity index (χ2v) is 5.37. The summed E-state index contributed by atoms with van der Waals surface area (Å²) in [6.07, 6.45) is 1.46. The number of carbonyl (C=O) groups is 1. The molecule has 0 unspecified atom stereocenters. The Hall–Kier alpha value is -1.21. The molecule has 0 atom stereocenters. The molecule has 2 aromatic rings. The lowest BCUT2D eigenvalue weighted by Crippen LogP contribution is -1.98. The third kappa shape index (κ3) is 3.42. The first-order valence-corrected chi connectivity index (χ1v) is 7.11. The van der Waals surface area contributed by atoms with E-state index >= 15 is 0 Å². The quantitative estimate of drug-likeness (QED) is 0.731. The van der Waals surface area contributed by atoms with Crippen LogP contribution in [0.15, 0.2) is 25.5 Å². The molecule has 19 heavy (non-hydrogen) atoms. The normalized spacial score (nSPS) is 10.5. The number of carbonyl (C=O) groups excluding carboxylic acids is 1. The van der Waals surface area contributed by atoms with E-state index in [1.54, 1.807) is 12.1 Å². The molecule has 7 heteroatoms. The predicted molar refractivity (Wildman–Crippen MR) is 75.2 cm³/mol. The van der Waals surface area contributed by atoms with E-state index in [1.165, 1.54) is 0 Å². The Morgan fingerprint density at radius 3 is 2.42 bits per heavy atom. The van der Waals surface area contributed by atoms with Crippen molar-refractivity contribution in [2.24, 2.45) is 0 Å². The van der Waals surface area contributed by atoms with E-state index in [9.17, 15) is 4.79 Å². The first kappa shape index (κ1) is 14.2. The van der Waals surface area contributed by atoms with Crippen molar-refractivity contribution in [2.75, 3.05) is 0 Å². The fourth-order valence-electron chi connectivity index (χ4n) is 1.41. The molecule has 0 fully saturated rings. The molecule has 100 valence electrons. The van der Waals surface area contributed by atoms with E-state index in [0.29, 0.717) is 38.5 Å². The number of ether oxygens (including phenoxy) is 1. The van der Waals surface area contributed by atoms with Gasteiger partial charge in [-0.25, -0.2) is 0 Å². The lowest BCUT2D eigenvalue weighted by molar-refractivity contribution is 0.112. The van der Waals surface area contributed by atoms with Gasteiger partial charge >= 0.3 is 0 Å². The Labute approximate surface area is 126 Å². The van der Waals surface area contributed by atoms with Crippen LogP contribution in [-0.2, 0) is 13.0 Å². The average Bonchev–Trinajstić information content (AvgIpc) is 2.85. The molecule has 0 spiro atoms. The van der Waals surface area contributed by atoms with Crippen LogP contribution in [-0.4, -0.2) is 16.5 Å². The Morgan fingerprint density at radius 1 is 1.26 bits per heavy atom. The van der Waals surface area contributed by atoms with E-state index in [-0.39, 0.29) is 6.61 Å². The molecule has 1 aromatic heterocycles. The van der Waals surface area contributed by atoms with E-state index in [4.69, 9.17) is 9.15 Å². The standard InChI is InChI=1S/C12H10Br2N2O3/c1-2-10-15-16-11(19-10)6-18-12-8(13)3-7(5-17)4-9(12)14/h3-5H,2,6H2,1H3. The molecule has 0 radical (unpaired) electrons. The van der Waals surface area contributed by atoms with Gasteiger partial charge in [0, 0.05) is 12.0 Å². The number of hydrogen-bond acceptors (Lipinski definition) is 5. The van der Waals surface area contributed by atoms with Crippen LogP contribution in [0.3, 0.4) is 0 Å². The van der Waals surface area contributed by atoms with Gasteiger partial charge in [-0.2, -0.15) is 0 Å². The van der Waals surface area contributed by atoms with Crippen LogP contribution in [0.5, 0.6) is 5.75 Å². The van der Waals surface area contributed by atoms with Gasteiger partial charge in [-0.15, -0.1) is 10.2 Å². The highest BCUT2D eigenvalue weighted by molar-refractivity contribution is 9.11. The topological polar surface area (TPSA) is 65.2 Å². The molecule has 0 N–H and O–H groups in total. The Bertz CT molecular complexity index is 575. The van der Waals surface area contributed by atoms with E-state index in [1.807, 2.05) is 6.92 Å². The van der Waals surface area contributed by atoms with E-state index < -0.39 is 0 Å². The van der Waals surface area contributed by atoms with Gasteiger partial charge in [0.05, 0.1) is 8.95 Å². The van der Waals surface area contributed by atoms with Crippen molar-refractivity contribution in [3.8, 4) is 5.75 Å². The SMILES string of the molecule is CCc1nnc(COc2c(Br)cc(C=O)cc2Br)o1. The first-order chi connectivity index (χ1) is 9.13. The maximum absolute atomic E-state index is 10.7. The highest BCUT2D eigenvalue weighted by Crippen LogP contribution is 2.34. The Kier molecular flexibility index (Phi) is 4.71. The smallest absolute Gasteiger partial charge is 0.253 e. The van der Waals surface area contributed by atoms with Crippen molar-refractivity contribution in [1.82, 2.24) is 10.2 Å². The number of halogens is 2. The molecule has 0 saturated heterocycles. The maximum Gasteiger partial charge on any atom is 0.253 e. The lowest BCUT2D eigenvalue weighted by atomic mass is 10.2. The second kappa shape index (κ2) is 6.29. The second-order valence-electron chi connectivity index (χ2n) is 3.66. The van der Waals surface area contributed by atoms with Gasteiger partial charge in [-0.05, 0) is 44.0 Å². The van der Waals surface area contributed by atoms with Gasteiger partial charge in [0.1, 0.15) is 12.0 Å². The van der Waals surface area contributed by atoms with Crippen molar-refractivity contribution in [3.63, 3.8) is 0 Å². The molecule has 1 heterocycles. The molecule has 0 bridgehead atoms. The van der Waals surface area contributed by atoms with Crippen LogP contribution >= 0.6 is 31.9 Å². The van der Waals surface area contributed by atoms with E-state index in [0.717, 1.165) is 6.29 Å². The Balaban J connectivity index is 2.13. The van der Waals surface area contributed by atoms with Crippen LogP contribution < -0.4 is 4.74 Å². The molecule has 0 aliphatic carbocycles. The van der Waals surface area contributed by atoms with Crippen molar-refractivity contribution in [2.45, 2.75) is 20.0 Å². The van der Waals surface area contributed by atoms with Crippen molar-refractivity contribution >= 4 is 38.1 Å². The van der Waals surface area contributed by atoms with Gasteiger partial charge in [-0.1, -0.05) is 6.92 Å². The van der Waals surface area contributed by atoms with Crippen LogP contribution in [0.25, 0.3) is 0 Å². The molecule has 0 aliphatic heterocycles. The van der Waals surface area contributed by atoms with Crippen LogP contribution in [0, 0.1) is 0 Å². The third-order valence-electron chi connectivity index (χ3n) is 2.31. The summed E-state index contributed by atoms with van der Waals surface area (Å²) in [4.78, 5) is 10.7. The zero-order valence-electron chi connectivity index (χ0n) is 10.0. The van der Waals surface area contributed by atoms with Crippen molar-refractivity contribution in [3.05, 3.63) is 38.4 Å². The zero-order valence-corrected chi connectivity index (χ0v) is 13.2. The van der Waals surface area contributed by atoms with Gasteiger partial charge in [0.25, 0.3) is 5.89 Å². The van der Waals surface area contributed by atoms with E-state index in [2.05, 4.69) is 42.1 Å². The highest BCUT2D eigenvalue weighted by atomic mass is 79.9. The average molecular weight is 390 g/mol. The summed E-state index contributed by atoms with van der Waals surface area (Å²) in [6, 6.07) is 3.36. The number of aryl methyl sites for hydroxylation is 1. The summed E-state index contributed by atoms with van der Waals surface area (Å²) in [7, 11) is 0. The van der Waals surface area contributed by atoms with Crippen molar-refractivity contribution < 1.29 is 13.9 Å². The summed E-state index contributed by atoms with van der Waals surface area (Å²) < 4.78 is 12.3. The zero-order chi connectivity index (χ0) is 13.8. The summed E-state index contributed by atoms with van der Waals surface area (Å²) >= 11 is 6.70. The molecule has 5 nitrogen and oxygen atoms in total. The number of aldehydes is 1. The summed E-state index contributed by atoms with van der Waals surface area (Å²) in [5.74, 6) is 1.57. The maximum atomic E-state index is 10.7. The lowest BCUT2D eigenvalue weighted by Gasteiger charge is -2.09.